The van der Waals surface area contributed by atoms with Gasteiger partial charge in [-0.15, -0.1) is 0 Å². The Bertz CT molecular complexity index is 1230. The Balaban J connectivity index is 1.60. The van der Waals surface area contributed by atoms with E-state index in [-0.39, 0.29) is 11.8 Å². The number of amides is 2. The summed E-state index contributed by atoms with van der Waals surface area (Å²) in [4.78, 5) is 38.4. The number of aromatic nitrogens is 1. The van der Waals surface area contributed by atoms with Crippen LogP contribution in [0.5, 0.6) is 0 Å². The number of likely N-dealkylation sites (N-methyl/N-ethyl adjacent to an activating group) is 1. The molecule has 1 unspecified atom stereocenters. The number of carbonyl (C=O) groups is 2. The highest BCUT2D eigenvalue weighted by atomic mass is 16.2. The van der Waals surface area contributed by atoms with Crippen molar-refractivity contribution in [2.45, 2.75) is 32.7 Å². The van der Waals surface area contributed by atoms with Gasteiger partial charge in [0.25, 0.3) is 5.91 Å². The Kier molecular flexibility index (Phi) is 5.62. The molecule has 0 saturated carbocycles. The number of fused-ring (bicyclic) bond motifs is 2. The summed E-state index contributed by atoms with van der Waals surface area (Å²) in [6.45, 7) is 7.14. The molecule has 0 radical (unpaired) electrons. The molecule has 2 aromatic carbocycles. The van der Waals surface area contributed by atoms with Gasteiger partial charge in [0, 0.05) is 43.4 Å². The van der Waals surface area contributed by atoms with Crippen LogP contribution in [0.1, 0.15) is 33.5 Å². The first kappa shape index (κ1) is 21.6. The van der Waals surface area contributed by atoms with E-state index in [1.165, 1.54) is 0 Å². The molecule has 2 aliphatic rings. The zero-order valence-electron chi connectivity index (χ0n) is 19.5. The van der Waals surface area contributed by atoms with Crippen LogP contribution in [0.2, 0.25) is 0 Å². The van der Waals surface area contributed by atoms with Crippen LogP contribution < -0.4 is 4.90 Å². The second-order valence-electron chi connectivity index (χ2n) is 9.32. The lowest BCUT2D eigenvalue weighted by atomic mass is 9.93. The third-order valence-electron chi connectivity index (χ3n) is 7.01. The molecule has 2 amide bonds. The van der Waals surface area contributed by atoms with E-state index in [1.54, 1.807) is 11.1 Å². The molecular formula is C27H30N4O2. The highest BCUT2D eigenvalue weighted by Gasteiger charge is 2.39. The first-order chi connectivity index (χ1) is 15.9. The number of aryl methyl sites for hydroxylation is 3. The Labute approximate surface area is 194 Å². The monoisotopic (exact) mass is 442 g/mol. The van der Waals surface area contributed by atoms with E-state index in [4.69, 9.17) is 0 Å². The van der Waals surface area contributed by atoms with Crippen LogP contribution in [0.3, 0.4) is 0 Å². The smallest absolute Gasteiger partial charge is 0.261 e. The first-order valence-electron chi connectivity index (χ1n) is 11.7. The van der Waals surface area contributed by atoms with Gasteiger partial charge in [0.2, 0.25) is 5.91 Å². The minimum Gasteiger partial charge on any atom is -0.338 e. The molecule has 6 nitrogen and oxygen atoms in total. The van der Waals surface area contributed by atoms with Gasteiger partial charge < -0.3 is 9.80 Å². The van der Waals surface area contributed by atoms with Crippen molar-refractivity contribution in [3.63, 3.8) is 0 Å². The molecule has 1 fully saturated rings. The maximum Gasteiger partial charge on any atom is 0.261 e. The number of hydrogen-bond donors (Lipinski definition) is 0. The van der Waals surface area contributed by atoms with Gasteiger partial charge in [-0.25, -0.2) is 0 Å². The number of nitrogens with zero attached hydrogens (tertiary/aromatic N) is 4. The fourth-order valence-corrected chi connectivity index (χ4v) is 5.09. The molecule has 3 aromatic rings. The molecule has 1 atom stereocenters. The molecule has 0 aliphatic carbocycles. The lowest BCUT2D eigenvalue weighted by Crippen LogP contribution is -2.57. The van der Waals surface area contributed by atoms with E-state index < -0.39 is 6.04 Å². The quantitative estimate of drug-likeness (QED) is 0.609. The van der Waals surface area contributed by atoms with Crippen LogP contribution in [0.15, 0.2) is 48.7 Å². The molecule has 0 spiro atoms. The van der Waals surface area contributed by atoms with Gasteiger partial charge in [0.15, 0.2) is 0 Å². The zero-order valence-corrected chi connectivity index (χ0v) is 19.5. The maximum atomic E-state index is 14.2. The molecule has 2 aliphatic heterocycles. The van der Waals surface area contributed by atoms with Crippen molar-refractivity contribution in [1.82, 2.24) is 14.8 Å². The van der Waals surface area contributed by atoms with Gasteiger partial charge in [-0.1, -0.05) is 18.2 Å². The Hall–Kier alpha value is -3.25. The highest BCUT2D eigenvalue weighted by Crippen LogP contribution is 2.34. The highest BCUT2D eigenvalue weighted by molar-refractivity contribution is 6.16. The van der Waals surface area contributed by atoms with Gasteiger partial charge in [0.1, 0.15) is 6.04 Å². The zero-order chi connectivity index (χ0) is 23.1. The van der Waals surface area contributed by atoms with Crippen molar-refractivity contribution >= 4 is 28.4 Å². The van der Waals surface area contributed by atoms with E-state index >= 15 is 0 Å². The molecule has 6 heteroatoms. The topological polar surface area (TPSA) is 56.8 Å². The number of rotatable bonds is 2. The lowest BCUT2D eigenvalue weighted by Gasteiger charge is -2.41. The number of carbonyl (C=O) groups excluding carboxylic acids is 2. The van der Waals surface area contributed by atoms with Crippen LogP contribution in [-0.2, 0) is 11.2 Å². The van der Waals surface area contributed by atoms with Gasteiger partial charge in [-0.3, -0.25) is 19.5 Å². The second kappa shape index (κ2) is 8.60. The van der Waals surface area contributed by atoms with Crippen LogP contribution in [-0.4, -0.2) is 65.9 Å². The summed E-state index contributed by atoms with van der Waals surface area (Å²) < 4.78 is 0. The number of benzene rings is 2. The number of hydrogen-bond acceptors (Lipinski definition) is 4. The van der Waals surface area contributed by atoms with E-state index in [2.05, 4.69) is 29.1 Å². The van der Waals surface area contributed by atoms with Crippen molar-refractivity contribution in [3.8, 4) is 0 Å². The SMILES string of the molecule is Cc1cc(C(=O)N2c3ccccc3CCC2C(=O)N2CCN(C)CC2)c2nccc(C)c2c1. The Morgan fingerprint density at radius 1 is 1.00 bits per heavy atom. The Morgan fingerprint density at radius 3 is 2.55 bits per heavy atom. The van der Waals surface area contributed by atoms with Crippen LogP contribution in [0.25, 0.3) is 10.9 Å². The predicted molar refractivity (Wildman–Crippen MR) is 131 cm³/mol. The van der Waals surface area contributed by atoms with Crippen molar-refractivity contribution < 1.29 is 9.59 Å². The van der Waals surface area contributed by atoms with Crippen LogP contribution >= 0.6 is 0 Å². The fraction of sp³-hybridized carbons (Fsp3) is 0.370. The summed E-state index contributed by atoms with van der Waals surface area (Å²) in [5.74, 6) is -0.103. The normalized spacial score (nSPS) is 18.9. The third-order valence-corrected chi connectivity index (χ3v) is 7.01. The van der Waals surface area contributed by atoms with Crippen molar-refractivity contribution in [2.75, 3.05) is 38.1 Å². The molecule has 33 heavy (non-hydrogen) atoms. The summed E-state index contributed by atoms with van der Waals surface area (Å²) in [6, 6.07) is 13.4. The molecule has 1 saturated heterocycles. The third kappa shape index (κ3) is 3.89. The number of para-hydroxylation sites is 1. The predicted octanol–water partition coefficient (Wildman–Crippen LogP) is 3.59. The maximum absolute atomic E-state index is 14.2. The number of piperazine rings is 1. The average Bonchev–Trinajstić information content (AvgIpc) is 2.83. The summed E-state index contributed by atoms with van der Waals surface area (Å²) in [5.41, 5.74) is 5.29. The van der Waals surface area contributed by atoms with E-state index in [0.29, 0.717) is 30.6 Å². The summed E-state index contributed by atoms with van der Waals surface area (Å²) >= 11 is 0. The van der Waals surface area contributed by atoms with Gasteiger partial charge in [-0.2, -0.15) is 0 Å². The van der Waals surface area contributed by atoms with E-state index in [1.807, 2.05) is 49.1 Å². The Morgan fingerprint density at radius 2 is 1.76 bits per heavy atom. The van der Waals surface area contributed by atoms with Gasteiger partial charge >= 0.3 is 0 Å². The van der Waals surface area contributed by atoms with Crippen molar-refractivity contribution in [3.05, 3.63) is 70.9 Å². The van der Waals surface area contributed by atoms with Gasteiger partial charge in [0.05, 0.1) is 11.1 Å². The van der Waals surface area contributed by atoms with E-state index in [0.717, 1.165) is 47.3 Å². The molecular weight excluding hydrogens is 412 g/mol. The second-order valence-corrected chi connectivity index (χ2v) is 9.32. The van der Waals surface area contributed by atoms with Crippen molar-refractivity contribution in [2.24, 2.45) is 0 Å². The largest absolute Gasteiger partial charge is 0.338 e. The molecule has 5 rings (SSSR count). The number of pyridine rings is 1. The fourth-order valence-electron chi connectivity index (χ4n) is 5.09. The summed E-state index contributed by atoms with van der Waals surface area (Å²) in [5, 5.41) is 0.980. The van der Waals surface area contributed by atoms with Crippen molar-refractivity contribution in [1.29, 1.82) is 0 Å². The number of anilines is 1. The summed E-state index contributed by atoms with van der Waals surface area (Å²) in [7, 11) is 2.08. The first-order valence-corrected chi connectivity index (χ1v) is 11.7. The lowest BCUT2D eigenvalue weighted by molar-refractivity contribution is -0.134. The molecule has 1 aromatic heterocycles. The summed E-state index contributed by atoms with van der Waals surface area (Å²) in [6.07, 6.45) is 3.17. The standard InChI is InChI=1S/C27H30N4O2/c1-18-16-21-19(2)10-11-28-25(21)22(17-18)26(32)31-23-7-5-4-6-20(23)8-9-24(31)27(33)30-14-12-29(3)13-15-30/h4-7,10-11,16-17,24H,8-9,12-15H2,1-3H3. The molecule has 0 N–H and O–H groups in total. The van der Waals surface area contributed by atoms with Crippen LogP contribution in [0.4, 0.5) is 5.69 Å². The average molecular weight is 443 g/mol. The van der Waals surface area contributed by atoms with Gasteiger partial charge in [-0.05, 0) is 74.7 Å². The minimum atomic E-state index is -0.504. The molecule has 3 heterocycles. The molecule has 170 valence electrons. The minimum absolute atomic E-state index is 0.0482. The van der Waals surface area contributed by atoms with Crippen LogP contribution in [0, 0.1) is 13.8 Å². The van der Waals surface area contributed by atoms with E-state index in [9.17, 15) is 9.59 Å². The molecule has 0 bridgehead atoms.